The Balaban J connectivity index is 1.72. The van der Waals surface area contributed by atoms with Crippen molar-refractivity contribution in [2.45, 2.75) is 46.1 Å². The Kier molecular flexibility index (Phi) is 3.91. The van der Waals surface area contributed by atoms with Crippen LogP contribution in [0.2, 0.25) is 5.02 Å². The number of benzene rings is 1. The molecule has 23 heavy (non-hydrogen) atoms. The van der Waals surface area contributed by atoms with E-state index in [1.807, 2.05) is 0 Å². The summed E-state index contributed by atoms with van der Waals surface area (Å²) in [4.78, 5) is 26.7. The summed E-state index contributed by atoms with van der Waals surface area (Å²) in [7, 11) is 0. The number of fused-ring (bicyclic) bond motifs is 2. The molecule has 2 atom stereocenters. The highest BCUT2D eigenvalue weighted by Gasteiger charge is 2.51. The summed E-state index contributed by atoms with van der Waals surface area (Å²) in [6, 6.07) is 7.00. The van der Waals surface area contributed by atoms with Crippen LogP contribution in [0.3, 0.4) is 0 Å². The number of likely N-dealkylation sites (tertiary alicyclic amines) is 1. The second-order valence-electron chi connectivity index (χ2n) is 8.11. The third-order valence-electron chi connectivity index (χ3n) is 4.95. The van der Waals surface area contributed by atoms with E-state index in [4.69, 9.17) is 11.6 Å². The van der Waals surface area contributed by atoms with Crippen LogP contribution in [0.25, 0.3) is 0 Å². The number of hydrogen-bond acceptors (Lipinski definition) is 2. The van der Waals surface area contributed by atoms with Gasteiger partial charge in [-0.2, -0.15) is 0 Å². The SMILES string of the molecule is CC1(C)CC2CC(C)(CN2C(=O)C(=O)Nc2cccc(Cl)c2)C1. The summed E-state index contributed by atoms with van der Waals surface area (Å²) in [5.41, 5.74) is 0.888. The molecule has 1 aromatic rings. The third-order valence-corrected chi connectivity index (χ3v) is 5.19. The van der Waals surface area contributed by atoms with Crippen LogP contribution in [0.1, 0.15) is 40.0 Å². The summed E-state index contributed by atoms with van der Waals surface area (Å²) in [5, 5.41) is 3.19. The highest BCUT2D eigenvalue weighted by atomic mass is 35.5. The molecule has 4 nitrogen and oxygen atoms in total. The van der Waals surface area contributed by atoms with Crippen molar-refractivity contribution in [2.24, 2.45) is 10.8 Å². The Bertz CT molecular complexity index is 658. The molecule has 124 valence electrons. The molecule has 1 heterocycles. The molecule has 2 bridgehead atoms. The van der Waals surface area contributed by atoms with Gasteiger partial charge in [-0.1, -0.05) is 38.4 Å². The molecule has 2 fully saturated rings. The maximum absolute atomic E-state index is 12.6. The van der Waals surface area contributed by atoms with Crippen molar-refractivity contribution in [1.82, 2.24) is 4.90 Å². The lowest BCUT2D eigenvalue weighted by molar-refractivity contribution is -0.144. The van der Waals surface area contributed by atoms with Gasteiger partial charge >= 0.3 is 11.8 Å². The fourth-order valence-corrected chi connectivity index (χ4v) is 4.77. The molecule has 2 aliphatic rings. The van der Waals surface area contributed by atoms with Crippen molar-refractivity contribution in [3.05, 3.63) is 29.3 Å². The van der Waals surface area contributed by atoms with Crippen LogP contribution in [0.15, 0.2) is 24.3 Å². The Morgan fingerprint density at radius 1 is 1.26 bits per heavy atom. The van der Waals surface area contributed by atoms with Gasteiger partial charge in [0, 0.05) is 23.3 Å². The number of halogens is 1. The minimum Gasteiger partial charge on any atom is -0.331 e. The highest BCUT2D eigenvalue weighted by Crippen LogP contribution is 2.52. The van der Waals surface area contributed by atoms with Gasteiger partial charge in [0.05, 0.1) is 0 Å². The van der Waals surface area contributed by atoms with Crippen LogP contribution in [-0.2, 0) is 9.59 Å². The predicted molar refractivity (Wildman–Crippen MR) is 91.3 cm³/mol. The molecule has 0 spiro atoms. The van der Waals surface area contributed by atoms with E-state index in [0.29, 0.717) is 17.3 Å². The Morgan fingerprint density at radius 3 is 2.70 bits per heavy atom. The van der Waals surface area contributed by atoms with E-state index in [1.165, 1.54) is 0 Å². The highest BCUT2D eigenvalue weighted by molar-refractivity contribution is 6.40. The average Bonchev–Trinajstić information content (AvgIpc) is 2.67. The molecule has 1 saturated carbocycles. The minimum absolute atomic E-state index is 0.123. The fourth-order valence-electron chi connectivity index (χ4n) is 4.58. The van der Waals surface area contributed by atoms with Crippen LogP contribution in [0.4, 0.5) is 5.69 Å². The van der Waals surface area contributed by atoms with E-state index in [-0.39, 0.29) is 16.9 Å². The normalized spacial score (nSPS) is 28.5. The predicted octanol–water partition coefficient (Wildman–Crippen LogP) is 3.71. The van der Waals surface area contributed by atoms with E-state index >= 15 is 0 Å². The van der Waals surface area contributed by atoms with Crippen LogP contribution in [0.5, 0.6) is 0 Å². The number of amides is 2. The summed E-state index contributed by atoms with van der Waals surface area (Å²) >= 11 is 5.91. The van der Waals surface area contributed by atoms with Crippen LogP contribution in [-0.4, -0.2) is 29.3 Å². The van der Waals surface area contributed by atoms with E-state index in [9.17, 15) is 9.59 Å². The Hall–Kier alpha value is -1.55. The molecule has 5 heteroatoms. The molecule has 1 aromatic carbocycles. The van der Waals surface area contributed by atoms with Gasteiger partial charge in [0.25, 0.3) is 0 Å². The first-order valence-electron chi connectivity index (χ1n) is 8.05. The molecular formula is C18H23ClN2O2. The molecule has 0 aromatic heterocycles. The van der Waals surface area contributed by atoms with Gasteiger partial charge in [-0.3, -0.25) is 9.59 Å². The lowest BCUT2D eigenvalue weighted by Gasteiger charge is -2.39. The van der Waals surface area contributed by atoms with Gasteiger partial charge in [-0.05, 0) is 48.3 Å². The maximum Gasteiger partial charge on any atom is 0.313 e. The fraction of sp³-hybridized carbons (Fsp3) is 0.556. The third kappa shape index (κ3) is 3.37. The summed E-state index contributed by atoms with van der Waals surface area (Å²) in [5.74, 6) is -1.02. The number of carbonyl (C=O) groups excluding carboxylic acids is 2. The molecule has 1 N–H and O–H groups in total. The molecular weight excluding hydrogens is 312 g/mol. The van der Waals surface area contributed by atoms with Crippen LogP contribution in [0, 0.1) is 10.8 Å². The lowest BCUT2D eigenvalue weighted by Crippen LogP contribution is -2.43. The minimum atomic E-state index is -0.582. The number of rotatable bonds is 1. The number of anilines is 1. The Labute approximate surface area is 142 Å². The van der Waals surface area contributed by atoms with Crippen LogP contribution < -0.4 is 5.32 Å². The summed E-state index contributed by atoms with van der Waals surface area (Å²) in [6.07, 6.45) is 3.04. The summed E-state index contributed by atoms with van der Waals surface area (Å²) < 4.78 is 0. The van der Waals surface area contributed by atoms with E-state index in [0.717, 1.165) is 19.3 Å². The van der Waals surface area contributed by atoms with Crippen molar-refractivity contribution in [3.63, 3.8) is 0 Å². The van der Waals surface area contributed by atoms with E-state index in [1.54, 1.807) is 29.2 Å². The van der Waals surface area contributed by atoms with Gasteiger partial charge in [-0.25, -0.2) is 0 Å². The topological polar surface area (TPSA) is 49.4 Å². The smallest absolute Gasteiger partial charge is 0.313 e. The largest absolute Gasteiger partial charge is 0.331 e. The molecule has 1 aliphatic heterocycles. The molecule has 2 unspecified atom stereocenters. The zero-order valence-electron chi connectivity index (χ0n) is 13.9. The first-order chi connectivity index (χ1) is 10.7. The second kappa shape index (κ2) is 5.52. The number of carbonyl (C=O) groups is 2. The number of nitrogens with zero attached hydrogens (tertiary/aromatic N) is 1. The zero-order chi connectivity index (χ0) is 16.8. The van der Waals surface area contributed by atoms with Gasteiger partial charge in [-0.15, -0.1) is 0 Å². The lowest BCUT2D eigenvalue weighted by atomic mass is 9.65. The second-order valence-corrected chi connectivity index (χ2v) is 8.55. The standard InChI is InChI=1S/C18H23ClN2O2/c1-17(2)8-14-9-18(3,10-17)11-21(14)16(23)15(22)20-13-6-4-5-12(19)7-13/h4-7,14H,8-11H2,1-3H3,(H,20,22). The quantitative estimate of drug-likeness (QED) is 0.796. The van der Waals surface area contributed by atoms with Crippen molar-refractivity contribution >= 4 is 29.1 Å². The van der Waals surface area contributed by atoms with Crippen LogP contribution >= 0.6 is 11.6 Å². The molecule has 3 rings (SSSR count). The average molecular weight is 335 g/mol. The maximum atomic E-state index is 12.6. The molecule has 0 radical (unpaired) electrons. The monoisotopic (exact) mass is 334 g/mol. The van der Waals surface area contributed by atoms with Crippen molar-refractivity contribution in [1.29, 1.82) is 0 Å². The van der Waals surface area contributed by atoms with Crippen molar-refractivity contribution in [3.8, 4) is 0 Å². The van der Waals surface area contributed by atoms with Gasteiger partial charge in [0.15, 0.2) is 0 Å². The number of hydrogen-bond donors (Lipinski definition) is 1. The van der Waals surface area contributed by atoms with Gasteiger partial charge in [0.1, 0.15) is 0 Å². The van der Waals surface area contributed by atoms with E-state index < -0.39 is 11.8 Å². The first-order valence-corrected chi connectivity index (χ1v) is 8.43. The molecule has 1 aliphatic carbocycles. The summed E-state index contributed by atoms with van der Waals surface area (Å²) in [6.45, 7) is 7.39. The van der Waals surface area contributed by atoms with Crippen molar-refractivity contribution < 1.29 is 9.59 Å². The molecule has 1 saturated heterocycles. The van der Waals surface area contributed by atoms with Crippen molar-refractivity contribution in [2.75, 3.05) is 11.9 Å². The zero-order valence-corrected chi connectivity index (χ0v) is 14.6. The van der Waals surface area contributed by atoms with Gasteiger partial charge in [0.2, 0.25) is 0 Å². The molecule has 2 amide bonds. The van der Waals surface area contributed by atoms with E-state index in [2.05, 4.69) is 26.1 Å². The first kappa shape index (κ1) is 16.3. The number of nitrogens with one attached hydrogen (secondary N) is 1. The Morgan fingerprint density at radius 2 is 2.00 bits per heavy atom. The van der Waals surface area contributed by atoms with Gasteiger partial charge < -0.3 is 10.2 Å².